The van der Waals surface area contributed by atoms with Gasteiger partial charge in [0.1, 0.15) is 5.78 Å². The molecule has 0 aromatic carbocycles. The summed E-state index contributed by atoms with van der Waals surface area (Å²) in [6.45, 7) is 6.76. The van der Waals surface area contributed by atoms with E-state index in [2.05, 4.69) is 13.8 Å². The summed E-state index contributed by atoms with van der Waals surface area (Å²) in [4.78, 5) is 25.5. The molecule has 0 aromatic heterocycles. The average molecular weight is 377 g/mol. The molecule has 9 atom stereocenters. The van der Waals surface area contributed by atoms with Gasteiger partial charge in [-0.05, 0) is 79.4 Å². The number of esters is 1. The van der Waals surface area contributed by atoms with Crippen molar-refractivity contribution in [3.63, 3.8) is 0 Å². The van der Waals surface area contributed by atoms with Crippen molar-refractivity contribution >= 4 is 11.8 Å². The van der Waals surface area contributed by atoms with E-state index >= 15 is 0 Å². The smallest absolute Gasteiger partial charge is 0.308 e. The Morgan fingerprint density at radius 1 is 1.11 bits per heavy atom. The Bertz CT molecular complexity index is 630. The monoisotopic (exact) mass is 376 g/mol. The van der Waals surface area contributed by atoms with E-state index in [0.29, 0.717) is 35.9 Å². The number of Topliss-reactive ketones (excluding diaryl/α,β-unsaturated/α-hetero) is 1. The molecule has 0 bridgehead atoms. The first kappa shape index (κ1) is 19.4. The lowest BCUT2D eigenvalue weighted by Crippen LogP contribution is -2.57. The highest BCUT2D eigenvalue weighted by molar-refractivity contribution is 5.83. The zero-order chi connectivity index (χ0) is 19.6. The van der Waals surface area contributed by atoms with Gasteiger partial charge in [-0.15, -0.1) is 0 Å². The molecule has 0 amide bonds. The zero-order valence-corrected chi connectivity index (χ0v) is 17.4. The number of hydrogen-bond donors (Lipinski definition) is 1. The Morgan fingerprint density at radius 3 is 2.48 bits per heavy atom. The highest BCUT2D eigenvalue weighted by atomic mass is 16.5. The minimum Gasteiger partial charge on any atom is -0.469 e. The molecule has 0 radical (unpaired) electrons. The van der Waals surface area contributed by atoms with Crippen LogP contribution in [0.15, 0.2) is 0 Å². The van der Waals surface area contributed by atoms with E-state index < -0.39 is 0 Å². The predicted molar refractivity (Wildman–Crippen MR) is 103 cm³/mol. The molecular formula is C23H36O4. The van der Waals surface area contributed by atoms with E-state index in [9.17, 15) is 14.7 Å². The summed E-state index contributed by atoms with van der Waals surface area (Å²) in [7, 11) is 1.48. The molecule has 152 valence electrons. The number of ketones is 1. The van der Waals surface area contributed by atoms with Crippen LogP contribution < -0.4 is 0 Å². The molecule has 0 aliphatic heterocycles. The van der Waals surface area contributed by atoms with Gasteiger partial charge in [0, 0.05) is 12.3 Å². The molecule has 0 saturated heterocycles. The number of ether oxygens (including phenoxy) is 1. The van der Waals surface area contributed by atoms with Crippen LogP contribution >= 0.6 is 0 Å². The average Bonchev–Trinajstić information content (AvgIpc) is 2.99. The fourth-order valence-corrected chi connectivity index (χ4v) is 8.12. The lowest BCUT2D eigenvalue weighted by atomic mass is 9.44. The second-order valence-corrected chi connectivity index (χ2v) is 10.6. The summed E-state index contributed by atoms with van der Waals surface area (Å²) in [5.74, 6) is 1.95. The van der Waals surface area contributed by atoms with Crippen molar-refractivity contribution in [3.05, 3.63) is 0 Å². The van der Waals surface area contributed by atoms with Gasteiger partial charge < -0.3 is 9.84 Å². The third-order valence-electron chi connectivity index (χ3n) is 9.69. The Kier molecular flexibility index (Phi) is 4.73. The van der Waals surface area contributed by atoms with E-state index in [-0.39, 0.29) is 34.7 Å². The second kappa shape index (κ2) is 6.57. The maximum absolute atomic E-state index is 13.3. The number of methoxy groups -OCH3 is 1. The molecule has 0 aromatic rings. The van der Waals surface area contributed by atoms with Gasteiger partial charge in [-0.3, -0.25) is 9.59 Å². The first-order valence-electron chi connectivity index (χ1n) is 11.0. The van der Waals surface area contributed by atoms with Crippen molar-refractivity contribution in [1.82, 2.24) is 0 Å². The molecule has 0 spiro atoms. The molecule has 4 aliphatic rings. The first-order valence-corrected chi connectivity index (χ1v) is 11.0. The van der Waals surface area contributed by atoms with Gasteiger partial charge in [0.25, 0.3) is 0 Å². The molecule has 4 heteroatoms. The summed E-state index contributed by atoms with van der Waals surface area (Å²) in [6.07, 6.45) is 7.48. The highest BCUT2D eigenvalue weighted by Gasteiger charge is 2.63. The first-order chi connectivity index (χ1) is 12.7. The van der Waals surface area contributed by atoms with E-state index in [1.807, 2.05) is 6.92 Å². The Morgan fingerprint density at radius 2 is 1.78 bits per heavy atom. The molecule has 4 fully saturated rings. The normalized spacial score (nSPS) is 50.3. The van der Waals surface area contributed by atoms with Crippen molar-refractivity contribution in [1.29, 1.82) is 0 Å². The van der Waals surface area contributed by atoms with Crippen molar-refractivity contribution in [2.45, 2.75) is 78.2 Å². The summed E-state index contributed by atoms with van der Waals surface area (Å²) < 4.78 is 5.04. The lowest BCUT2D eigenvalue weighted by molar-refractivity contribution is -0.163. The fourth-order valence-electron chi connectivity index (χ4n) is 8.12. The van der Waals surface area contributed by atoms with Crippen molar-refractivity contribution in [3.8, 4) is 0 Å². The Hall–Kier alpha value is -0.900. The van der Waals surface area contributed by atoms with Gasteiger partial charge in [0.2, 0.25) is 0 Å². The third-order valence-corrected chi connectivity index (χ3v) is 9.69. The minimum atomic E-state index is -0.224. The number of aliphatic hydroxyl groups excluding tert-OH is 1. The van der Waals surface area contributed by atoms with Crippen LogP contribution in [0.25, 0.3) is 0 Å². The van der Waals surface area contributed by atoms with Crippen LogP contribution in [-0.2, 0) is 14.3 Å². The fraction of sp³-hybridized carbons (Fsp3) is 0.913. The van der Waals surface area contributed by atoms with Crippen molar-refractivity contribution < 1.29 is 19.4 Å². The largest absolute Gasteiger partial charge is 0.469 e. The summed E-state index contributed by atoms with van der Waals surface area (Å²) in [5, 5.41) is 10.2. The Balaban J connectivity index is 1.63. The summed E-state index contributed by atoms with van der Waals surface area (Å²) >= 11 is 0. The summed E-state index contributed by atoms with van der Waals surface area (Å²) in [5.41, 5.74) is 0.271. The molecule has 4 nitrogen and oxygen atoms in total. The number of fused-ring (bicyclic) bond motifs is 5. The van der Waals surface area contributed by atoms with Gasteiger partial charge in [-0.1, -0.05) is 20.8 Å². The summed E-state index contributed by atoms with van der Waals surface area (Å²) in [6, 6.07) is 0. The molecule has 4 rings (SSSR count). The lowest BCUT2D eigenvalue weighted by Gasteiger charge is -2.60. The van der Waals surface area contributed by atoms with Crippen LogP contribution in [0.1, 0.15) is 72.1 Å². The molecule has 4 aliphatic carbocycles. The van der Waals surface area contributed by atoms with Crippen LogP contribution in [0.3, 0.4) is 0 Å². The highest BCUT2D eigenvalue weighted by Crippen LogP contribution is 2.67. The van der Waals surface area contributed by atoms with Gasteiger partial charge >= 0.3 is 5.97 Å². The predicted octanol–water partition coefficient (Wildman–Crippen LogP) is 3.99. The van der Waals surface area contributed by atoms with Gasteiger partial charge in [-0.2, -0.15) is 0 Å². The topological polar surface area (TPSA) is 63.6 Å². The quantitative estimate of drug-likeness (QED) is 0.740. The van der Waals surface area contributed by atoms with Gasteiger partial charge in [0.05, 0.1) is 19.1 Å². The molecule has 1 N–H and O–H groups in total. The van der Waals surface area contributed by atoms with Gasteiger partial charge in [0.15, 0.2) is 0 Å². The molecule has 0 unspecified atom stereocenters. The van der Waals surface area contributed by atoms with E-state index in [0.717, 1.165) is 44.9 Å². The number of hydrogen-bond acceptors (Lipinski definition) is 4. The van der Waals surface area contributed by atoms with Crippen LogP contribution in [0, 0.1) is 46.3 Å². The van der Waals surface area contributed by atoms with Crippen LogP contribution in [0.4, 0.5) is 0 Å². The van der Waals surface area contributed by atoms with E-state index in [1.54, 1.807) is 0 Å². The van der Waals surface area contributed by atoms with Crippen molar-refractivity contribution in [2.75, 3.05) is 7.11 Å². The van der Waals surface area contributed by atoms with E-state index in [1.165, 1.54) is 7.11 Å². The number of carbonyl (C=O) groups excluding carboxylic acids is 2. The zero-order valence-electron chi connectivity index (χ0n) is 17.4. The van der Waals surface area contributed by atoms with Crippen LogP contribution in [0.2, 0.25) is 0 Å². The maximum atomic E-state index is 13.3. The SMILES string of the molecule is COC(=O)[C@@H](C)[C@H]1CC[C@H]2[C@@H]3C(=O)C[C@@H]4C[C@H](O)CC[C@]4(C)[C@H]3CC[C@]12C. The maximum Gasteiger partial charge on any atom is 0.308 e. The second-order valence-electron chi connectivity index (χ2n) is 10.6. The number of carbonyl (C=O) groups is 2. The Labute approximate surface area is 163 Å². The molecule has 0 heterocycles. The van der Waals surface area contributed by atoms with E-state index in [4.69, 9.17) is 4.74 Å². The molecular weight excluding hydrogens is 340 g/mol. The molecule has 27 heavy (non-hydrogen) atoms. The number of aliphatic hydroxyl groups is 1. The number of rotatable bonds is 2. The van der Waals surface area contributed by atoms with Crippen molar-refractivity contribution in [2.24, 2.45) is 46.3 Å². The minimum absolute atomic E-state index is 0.0712. The van der Waals surface area contributed by atoms with Gasteiger partial charge in [-0.25, -0.2) is 0 Å². The van der Waals surface area contributed by atoms with Crippen LogP contribution in [-0.4, -0.2) is 30.1 Å². The van der Waals surface area contributed by atoms with Crippen LogP contribution in [0.5, 0.6) is 0 Å². The third kappa shape index (κ3) is 2.73. The molecule has 4 saturated carbocycles. The standard InChI is InChI=1S/C23H36O4/c1-13(21(26)27-4)16-5-6-17-20-18(8-10-23(16,17)3)22(2)9-7-15(24)11-14(22)12-19(20)25/h13-18,20,24H,5-12H2,1-4H3/t13-,14-,15+,16+,17-,18-,20-,22-,23+/m0/s1.